The third-order valence-electron chi connectivity index (χ3n) is 4.78. The van der Waals surface area contributed by atoms with Crippen LogP contribution >= 0.6 is 0 Å². The van der Waals surface area contributed by atoms with Gasteiger partial charge in [0.2, 0.25) is 0 Å². The molecule has 1 heterocycles. The first-order valence-electron chi connectivity index (χ1n) is 9.97. The molecular formula is C24H27NO5S. The highest BCUT2D eigenvalue weighted by Gasteiger charge is 2.13. The monoisotopic (exact) mass is 441 g/mol. The predicted molar refractivity (Wildman–Crippen MR) is 121 cm³/mol. The number of amides is 1. The molecule has 0 radical (unpaired) electrons. The first-order chi connectivity index (χ1) is 15.0. The van der Waals surface area contributed by atoms with Crippen LogP contribution in [0.2, 0.25) is 0 Å². The second-order valence-corrected chi connectivity index (χ2v) is 8.63. The van der Waals surface area contributed by atoms with Gasteiger partial charge in [0.15, 0.2) is 17.3 Å². The zero-order valence-electron chi connectivity index (χ0n) is 18.0. The maximum atomic E-state index is 12.4. The Labute approximate surface area is 185 Å². The van der Waals surface area contributed by atoms with Crippen LogP contribution < -0.4 is 14.8 Å². The van der Waals surface area contributed by atoms with Crippen molar-refractivity contribution in [3.63, 3.8) is 0 Å². The fraction of sp³-hybridized carbons (Fsp3) is 0.292. The molecule has 2 aromatic carbocycles. The molecule has 1 N–H and O–H groups in total. The van der Waals surface area contributed by atoms with Crippen molar-refractivity contribution in [2.45, 2.75) is 24.9 Å². The molecule has 7 heteroatoms. The van der Waals surface area contributed by atoms with Gasteiger partial charge in [0.25, 0.3) is 5.91 Å². The van der Waals surface area contributed by atoms with E-state index < -0.39 is 10.8 Å². The Morgan fingerprint density at radius 1 is 0.935 bits per heavy atom. The third-order valence-corrected chi connectivity index (χ3v) is 6.05. The average molecular weight is 442 g/mol. The van der Waals surface area contributed by atoms with Gasteiger partial charge in [-0.05, 0) is 48.7 Å². The van der Waals surface area contributed by atoms with E-state index in [1.807, 2.05) is 49.4 Å². The topological polar surface area (TPSA) is 77.8 Å². The summed E-state index contributed by atoms with van der Waals surface area (Å²) in [5, 5.41) is 2.84. The molecule has 1 atom stereocenters. The highest BCUT2D eigenvalue weighted by molar-refractivity contribution is 7.83. The molecule has 31 heavy (non-hydrogen) atoms. The van der Waals surface area contributed by atoms with Gasteiger partial charge in [-0.15, -0.1) is 0 Å². The van der Waals surface area contributed by atoms with Crippen molar-refractivity contribution < 1.29 is 22.9 Å². The van der Waals surface area contributed by atoms with E-state index in [1.54, 1.807) is 26.4 Å². The van der Waals surface area contributed by atoms with Crippen molar-refractivity contribution in [3.8, 4) is 11.5 Å². The fourth-order valence-electron chi connectivity index (χ4n) is 3.10. The largest absolute Gasteiger partial charge is 0.493 e. The van der Waals surface area contributed by atoms with Gasteiger partial charge in [0.1, 0.15) is 5.76 Å². The minimum atomic E-state index is -1.11. The molecule has 6 nitrogen and oxygen atoms in total. The van der Waals surface area contributed by atoms with Gasteiger partial charge in [-0.1, -0.05) is 35.9 Å². The molecule has 3 aromatic rings. The minimum Gasteiger partial charge on any atom is -0.493 e. The second-order valence-electron chi connectivity index (χ2n) is 7.18. The number of carbonyl (C=O) groups is 1. The molecule has 0 bridgehead atoms. The lowest BCUT2D eigenvalue weighted by molar-refractivity contribution is 0.0925. The lowest BCUT2D eigenvalue weighted by Crippen LogP contribution is -2.25. The van der Waals surface area contributed by atoms with Crippen LogP contribution in [-0.2, 0) is 28.7 Å². The van der Waals surface area contributed by atoms with E-state index >= 15 is 0 Å². The highest BCUT2D eigenvalue weighted by Crippen LogP contribution is 2.27. The standard InChI is InChI=1S/C24H27NO5S/c1-17-4-6-19(7-5-17)15-31(27)16-20-9-11-22(30-20)24(26)25-13-12-18-8-10-21(28-2)23(14-18)29-3/h4-11,14H,12-13,15-16H2,1-3H3,(H,25,26)/t31-/m1/s1. The van der Waals surface area contributed by atoms with Crippen LogP contribution in [0, 0.1) is 6.92 Å². The molecule has 1 aromatic heterocycles. The SMILES string of the molecule is COc1ccc(CCNC(=O)c2ccc(C[S@](=O)Cc3ccc(C)cc3)o2)cc1OC. The van der Waals surface area contributed by atoms with Gasteiger partial charge in [-0.2, -0.15) is 0 Å². The number of aryl methyl sites for hydroxylation is 1. The Morgan fingerprint density at radius 3 is 2.35 bits per heavy atom. The molecule has 0 aliphatic rings. The first-order valence-corrected chi connectivity index (χ1v) is 11.5. The summed E-state index contributed by atoms with van der Waals surface area (Å²) in [5.41, 5.74) is 3.20. The lowest BCUT2D eigenvalue weighted by Gasteiger charge is -2.09. The smallest absolute Gasteiger partial charge is 0.287 e. The molecule has 0 aliphatic heterocycles. The van der Waals surface area contributed by atoms with Crippen LogP contribution in [-0.4, -0.2) is 30.9 Å². The summed E-state index contributed by atoms with van der Waals surface area (Å²) >= 11 is 0. The molecule has 0 unspecified atom stereocenters. The van der Waals surface area contributed by atoms with Crippen LogP contribution in [0.4, 0.5) is 0 Å². The molecule has 1 amide bonds. The van der Waals surface area contributed by atoms with Crippen LogP contribution in [0.1, 0.15) is 33.0 Å². The van der Waals surface area contributed by atoms with Crippen LogP contribution in [0.15, 0.2) is 59.0 Å². The quantitative estimate of drug-likeness (QED) is 0.514. The van der Waals surface area contributed by atoms with Crippen LogP contribution in [0.3, 0.4) is 0 Å². The molecule has 0 saturated carbocycles. The summed E-state index contributed by atoms with van der Waals surface area (Å²) in [6.07, 6.45) is 0.639. The summed E-state index contributed by atoms with van der Waals surface area (Å²) in [6.45, 7) is 2.47. The van der Waals surface area contributed by atoms with Gasteiger partial charge in [0, 0.05) is 23.1 Å². The van der Waals surface area contributed by atoms with Crippen molar-refractivity contribution >= 4 is 16.7 Å². The van der Waals surface area contributed by atoms with Gasteiger partial charge >= 0.3 is 0 Å². The Kier molecular flexibility index (Phi) is 7.89. The Hall–Kier alpha value is -3.06. The number of benzene rings is 2. The molecule has 3 rings (SSSR count). The lowest BCUT2D eigenvalue weighted by atomic mass is 10.1. The zero-order chi connectivity index (χ0) is 22.2. The van der Waals surface area contributed by atoms with Crippen molar-refractivity contribution in [1.82, 2.24) is 5.32 Å². The van der Waals surface area contributed by atoms with Crippen molar-refractivity contribution in [1.29, 1.82) is 0 Å². The second kappa shape index (κ2) is 10.8. The predicted octanol–water partition coefficient (Wildman–Crippen LogP) is 4.03. The molecule has 0 spiro atoms. The fourth-order valence-corrected chi connectivity index (χ4v) is 4.24. The molecule has 0 aliphatic carbocycles. The van der Waals surface area contributed by atoms with Gasteiger partial charge in [-0.25, -0.2) is 0 Å². The highest BCUT2D eigenvalue weighted by atomic mass is 32.2. The van der Waals surface area contributed by atoms with E-state index in [1.165, 1.54) is 5.56 Å². The van der Waals surface area contributed by atoms with E-state index in [9.17, 15) is 9.00 Å². The third kappa shape index (κ3) is 6.46. The van der Waals surface area contributed by atoms with Gasteiger partial charge < -0.3 is 19.2 Å². The Bertz CT molecular complexity index is 1040. The van der Waals surface area contributed by atoms with Crippen molar-refractivity contribution in [2.75, 3.05) is 20.8 Å². The van der Waals surface area contributed by atoms with E-state index in [2.05, 4.69) is 5.32 Å². The van der Waals surface area contributed by atoms with Crippen LogP contribution in [0.5, 0.6) is 11.5 Å². The number of nitrogens with one attached hydrogen (secondary N) is 1. The number of carbonyl (C=O) groups excluding carboxylic acids is 1. The maximum Gasteiger partial charge on any atom is 0.287 e. The van der Waals surface area contributed by atoms with Crippen LogP contribution in [0.25, 0.3) is 0 Å². The van der Waals surface area contributed by atoms with Gasteiger partial charge in [0.05, 0.1) is 20.0 Å². The molecule has 0 saturated heterocycles. The molecule has 164 valence electrons. The number of furan rings is 1. The van der Waals surface area contributed by atoms with E-state index in [4.69, 9.17) is 13.9 Å². The maximum absolute atomic E-state index is 12.4. The number of hydrogen-bond acceptors (Lipinski definition) is 5. The van der Waals surface area contributed by atoms with Gasteiger partial charge in [-0.3, -0.25) is 9.00 Å². The van der Waals surface area contributed by atoms with E-state index in [0.717, 1.165) is 11.1 Å². The number of hydrogen-bond donors (Lipinski definition) is 1. The molecular weight excluding hydrogens is 414 g/mol. The van der Waals surface area contributed by atoms with E-state index in [-0.39, 0.29) is 17.4 Å². The number of methoxy groups -OCH3 is 2. The Morgan fingerprint density at radius 2 is 1.65 bits per heavy atom. The molecule has 0 fully saturated rings. The minimum absolute atomic E-state index is 0.217. The van der Waals surface area contributed by atoms with Crippen molar-refractivity contribution in [2.24, 2.45) is 0 Å². The average Bonchev–Trinajstić information content (AvgIpc) is 3.23. The van der Waals surface area contributed by atoms with E-state index in [0.29, 0.717) is 36.0 Å². The number of ether oxygens (including phenoxy) is 2. The summed E-state index contributed by atoms with van der Waals surface area (Å²) < 4.78 is 28.5. The summed E-state index contributed by atoms with van der Waals surface area (Å²) in [7, 11) is 2.07. The summed E-state index contributed by atoms with van der Waals surface area (Å²) in [6, 6.07) is 16.9. The first kappa shape index (κ1) is 22.6. The normalized spacial score (nSPS) is 11.7. The summed E-state index contributed by atoms with van der Waals surface area (Å²) in [4.78, 5) is 12.4. The zero-order valence-corrected chi connectivity index (χ0v) is 18.8. The summed E-state index contributed by atoms with van der Waals surface area (Å²) in [5.74, 6) is 2.50. The van der Waals surface area contributed by atoms with Crippen molar-refractivity contribution in [3.05, 3.63) is 82.8 Å². The number of rotatable bonds is 10. The Balaban J connectivity index is 1.48.